The smallest absolute Gasteiger partial charge is 0.261 e. The number of amides is 1. The molecule has 1 atom stereocenters. The maximum Gasteiger partial charge on any atom is 0.261 e. The van der Waals surface area contributed by atoms with Crippen molar-refractivity contribution in [3.8, 4) is 0 Å². The first-order valence-corrected chi connectivity index (χ1v) is 9.46. The number of furan rings is 1. The Morgan fingerprint density at radius 1 is 0.962 bits per heavy atom. The number of benzene rings is 2. The van der Waals surface area contributed by atoms with Crippen LogP contribution in [0.5, 0.6) is 0 Å². The molecule has 0 bridgehead atoms. The molecule has 6 nitrogen and oxygen atoms in total. The average molecular weight is 370 g/mol. The van der Waals surface area contributed by atoms with E-state index in [4.69, 9.17) is 4.42 Å². The van der Waals surface area contributed by atoms with E-state index >= 15 is 0 Å². The Labute approximate surface area is 151 Å². The highest BCUT2D eigenvalue weighted by Crippen LogP contribution is 2.17. The van der Waals surface area contributed by atoms with Crippen LogP contribution in [0.1, 0.15) is 29.1 Å². The lowest BCUT2D eigenvalue weighted by Crippen LogP contribution is -2.26. The SMILES string of the molecule is C[C@H](NC(=O)c1ccc(S(=O)(=O)Nc2ccccc2)cc1)c1ccco1. The molecule has 1 heterocycles. The van der Waals surface area contributed by atoms with Crippen LogP contribution in [0.25, 0.3) is 0 Å². The van der Waals surface area contributed by atoms with Gasteiger partial charge in [-0.25, -0.2) is 8.42 Å². The number of sulfonamides is 1. The Hall–Kier alpha value is -3.06. The van der Waals surface area contributed by atoms with E-state index in [2.05, 4.69) is 10.0 Å². The molecule has 0 spiro atoms. The van der Waals surface area contributed by atoms with Gasteiger partial charge in [0.05, 0.1) is 17.2 Å². The third-order valence-electron chi connectivity index (χ3n) is 3.77. The van der Waals surface area contributed by atoms with E-state index < -0.39 is 10.0 Å². The number of para-hydroxylation sites is 1. The Morgan fingerprint density at radius 2 is 1.65 bits per heavy atom. The lowest BCUT2D eigenvalue weighted by Gasteiger charge is -2.12. The highest BCUT2D eigenvalue weighted by molar-refractivity contribution is 7.92. The second kappa shape index (κ2) is 7.45. The van der Waals surface area contributed by atoms with E-state index in [0.717, 1.165) is 0 Å². The molecule has 134 valence electrons. The first-order valence-electron chi connectivity index (χ1n) is 7.98. The van der Waals surface area contributed by atoms with Gasteiger partial charge in [-0.1, -0.05) is 18.2 Å². The standard InChI is InChI=1S/C19H18N2O4S/c1-14(18-8-5-13-25-18)20-19(22)15-9-11-17(12-10-15)26(23,24)21-16-6-3-2-4-7-16/h2-14,21H,1H3,(H,20,22)/t14-/m0/s1. The fourth-order valence-corrected chi connectivity index (χ4v) is 3.45. The van der Waals surface area contributed by atoms with E-state index in [9.17, 15) is 13.2 Å². The number of hydrogen-bond acceptors (Lipinski definition) is 4. The van der Waals surface area contributed by atoms with Gasteiger partial charge in [0.25, 0.3) is 15.9 Å². The Balaban J connectivity index is 1.70. The molecule has 3 rings (SSSR count). The zero-order chi connectivity index (χ0) is 18.6. The highest BCUT2D eigenvalue weighted by atomic mass is 32.2. The molecule has 3 aromatic rings. The number of anilines is 1. The number of carbonyl (C=O) groups excluding carboxylic acids is 1. The Morgan fingerprint density at radius 3 is 2.27 bits per heavy atom. The topological polar surface area (TPSA) is 88.4 Å². The van der Waals surface area contributed by atoms with Gasteiger partial charge >= 0.3 is 0 Å². The third kappa shape index (κ3) is 4.12. The summed E-state index contributed by atoms with van der Waals surface area (Å²) in [4.78, 5) is 12.4. The van der Waals surface area contributed by atoms with Crippen LogP contribution in [0.15, 0.2) is 82.3 Å². The van der Waals surface area contributed by atoms with Crippen molar-refractivity contribution in [3.63, 3.8) is 0 Å². The van der Waals surface area contributed by atoms with E-state index in [0.29, 0.717) is 17.0 Å². The molecule has 0 aliphatic heterocycles. The maximum absolute atomic E-state index is 12.4. The zero-order valence-electron chi connectivity index (χ0n) is 14.0. The molecule has 0 saturated carbocycles. The number of rotatable bonds is 6. The highest BCUT2D eigenvalue weighted by Gasteiger charge is 2.17. The Kier molecular flexibility index (Phi) is 5.09. The second-order valence-electron chi connectivity index (χ2n) is 5.71. The Bertz CT molecular complexity index is 966. The molecule has 1 amide bonds. The zero-order valence-corrected chi connectivity index (χ0v) is 14.9. The van der Waals surface area contributed by atoms with Crippen molar-refractivity contribution in [2.45, 2.75) is 17.9 Å². The van der Waals surface area contributed by atoms with E-state index in [1.54, 1.807) is 49.4 Å². The molecular weight excluding hydrogens is 352 g/mol. The number of carbonyl (C=O) groups is 1. The van der Waals surface area contributed by atoms with Gasteiger partial charge in [-0.05, 0) is 55.5 Å². The second-order valence-corrected chi connectivity index (χ2v) is 7.39. The quantitative estimate of drug-likeness (QED) is 0.694. The van der Waals surface area contributed by atoms with Crippen molar-refractivity contribution < 1.29 is 17.6 Å². The molecule has 0 aliphatic rings. The van der Waals surface area contributed by atoms with Crippen molar-refractivity contribution in [2.24, 2.45) is 0 Å². The summed E-state index contributed by atoms with van der Waals surface area (Å²) in [6, 6.07) is 17.6. The summed E-state index contributed by atoms with van der Waals surface area (Å²) in [5, 5.41) is 2.80. The van der Waals surface area contributed by atoms with Gasteiger partial charge in [0, 0.05) is 11.3 Å². The molecule has 7 heteroatoms. The van der Waals surface area contributed by atoms with Crippen molar-refractivity contribution in [1.82, 2.24) is 5.32 Å². The molecule has 26 heavy (non-hydrogen) atoms. The summed E-state index contributed by atoms with van der Waals surface area (Å²) < 4.78 is 32.5. The summed E-state index contributed by atoms with van der Waals surface area (Å²) in [5.74, 6) is 0.332. The minimum Gasteiger partial charge on any atom is -0.467 e. The number of nitrogens with one attached hydrogen (secondary N) is 2. The van der Waals surface area contributed by atoms with Crippen LogP contribution in [0.3, 0.4) is 0 Å². The molecule has 0 saturated heterocycles. The third-order valence-corrected chi connectivity index (χ3v) is 5.17. The van der Waals surface area contributed by atoms with Gasteiger partial charge in [-0.2, -0.15) is 0 Å². The van der Waals surface area contributed by atoms with Crippen molar-refractivity contribution in [3.05, 3.63) is 84.3 Å². The lowest BCUT2D eigenvalue weighted by molar-refractivity contribution is 0.0935. The van der Waals surface area contributed by atoms with Crippen LogP contribution in [0.4, 0.5) is 5.69 Å². The summed E-state index contributed by atoms with van der Waals surface area (Å²) in [6.45, 7) is 1.80. The monoisotopic (exact) mass is 370 g/mol. The minimum absolute atomic E-state index is 0.0805. The van der Waals surface area contributed by atoms with Crippen molar-refractivity contribution in [2.75, 3.05) is 4.72 Å². The number of hydrogen-bond donors (Lipinski definition) is 2. The van der Waals surface area contributed by atoms with Crippen LogP contribution in [0.2, 0.25) is 0 Å². The summed E-state index contributed by atoms with van der Waals surface area (Å²) in [5.41, 5.74) is 0.837. The molecule has 0 unspecified atom stereocenters. The van der Waals surface area contributed by atoms with E-state index in [-0.39, 0.29) is 16.8 Å². The van der Waals surface area contributed by atoms with Crippen LogP contribution in [-0.2, 0) is 10.0 Å². The normalized spacial score (nSPS) is 12.3. The molecule has 1 aromatic heterocycles. The van der Waals surface area contributed by atoms with Gasteiger partial charge in [-0.3, -0.25) is 9.52 Å². The van der Waals surface area contributed by atoms with Crippen LogP contribution >= 0.6 is 0 Å². The van der Waals surface area contributed by atoms with Gasteiger partial charge < -0.3 is 9.73 Å². The lowest BCUT2D eigenvalue weighted by atomic mass is 10.2. The van der Waals surface area contributed by atoms with Crippen molar-refractivity contribution >= 4 is 21.6 Å². The molecule has 0 radical (unpaired) electrons. The fourth-order valence-electron chi connectivity index (χ4n) is 2.39. The predicted molar refractivity (Wildman–Crippen MR) is 98.3 cm³/mol. The van der Waals surface area contributed by atoms with Gasteiger partial charge in [0.1, 0.15) is 5.76 Å². The van der Waals surface area contributed by atoms with Crippen LogP contribution in [0, 0.1) is 0 Å². The summed E-state index contributed by atoms with van der Waals surface area (Å²) in [6.07, 6.45) is 1.54. The van der Waals surface area contributed by atoms with Crippen LogP contribution < -0.4 is 10.0 Å². The van der Waals surface area contributed by atoms with Crippen molar-refractivity contribution in [1.29, 1.82) is 0 Å². The molecular formula is C19H18N2O4S. The molecule has 2 N–H and O–H groups in total. The molecule has 2 aromatic carbocycles. The van der Waals surface area contributed by atoms with Gasteiger partial charge in [-0.15, -0.1) is 0 Å². The largest absolute Gasteiger partial charge is 0.467 e. The van der Waals surface area contributed by atoms with E-state index in [1.165, 1.54) is 30.5 Å². The summed E-state index contributed by atoms with van der Waals surface area (Å²) >= 11 is 0. The minimum atomic E-state index is -3.71. The molecule has 0 fully saturated rings. The predicted octanol–water partition coefficient (Wildman–Crippen LogP) is 3.57. The maximum atomic E-state index is 12.4. The fraction of sp³-hybridized carbons (Fsp3) is 0.105. The van der Waals surface area contributed by atoms with Crippen LogP contribution in [-0.4, -0.2) is 14.3 Å². The molecule has 0 aliphatic carbocycles. The van der Waals surface area contributed by atoms with E-state index in [1.807, 2.05) is 0 Å². The first-order chi connectivity index (χ1) is 12.5. The first kappa shape index (κ1) is 17.8. The average Bonchev–Trinajstić information content (AvgIpc) is 3.17. The van der Waals surface area contributed by atoms with Gasteiger partial charge in [0.15, 0.2) is 0 Å². The summed E-state index contributed by atoms with van der Waals surface area (Å²) in [7, 11) is -3.71. The van der Waals surface area contributed by atoms with Gasteiger partial charge in [0.2, 0.25) is 0 Å².